The highest BCUT2D eigenvalue weighted by Gasteiger charge is 2.34. The van der Waals surface area contributed by atoms with E-state index >= 15 is 0 Å². The number of ether oxygens (including phenoxy) is 1. The highest BCUT2D eigenvalue weighted by atomic mass is 32.2. The summed E-state index contributed by atoms with van der Waals surface area (Å²) in [6, 6.07) is 15.9. The molecule has 4 rings (SSSR count). The average molecular weight is 409 g/mol. The topological polar surface area (TPSA) is 99.8 Å². The van der Waals surface area contributed by atoms with Crippen LogP contribution in [-0.4, -0.2) is 38.2 Å². The first-order chi connectivity index (χ1) is 14.0. The number of carbonyl (C=O) groups is 1. The number of esters is 1. The molecule has 0 bridgehead atoms. The van der Waals surface area contributed by atoms with Crippen LogP contribution in [0.5, 0.6) is 0 Å². The van der Waals surface area contributed by atoms with Gasteiger partial charge in [-0.15, -0.1) is 4.40 Å². The van der Waals surface area contributed by atoms with E-state index in [0.29, 0.717) is 48.5 Å². The van der Waals surface area contributed by atoms with Gasteiger partial charge in [0, 0.05) is 24.2 Å². The third-order valence-corrected chi connectivity index (χ3v) is 6.57. The highest BCUT2D eigenvalue weighted by Crippen LogP contribution is 2.30. The SMILES string of the molecule is N#Cc1ccccc1COC(=O)C1CCN(C2=NS(=O)(=O)c3ccccc32)CC1. The molecule has 0 atom stereocenters. The first-order valence-electron chi connectivity index (χ1n) is 9.33. The van der Waals surface area contributed by atoms with Gasteiger partial charge in [0.2, 0.25) is 0 Å². The van der Waals surface area contributed by atoms with E-state index in [0.717, 1.165) is 0 Å². The second-order valence-corrected chi connectivity index (χ2v) is 8.60. The zero-order valence-corrected chi connectivity index (χ0v) is 16.4. The smallest absolute Gasteiger partial charge is 0.309 e. The number of piperidine rings is 1. The van der Waals surface area contributed by atoms with Crippen molar-refractivity contribution in [1.29, 1.82) is 5.26 Å². The van der Waals surface area contributed by atoms with Gasteiger partial charge >= 0.3 is 5.97 Å². The minimum absolute atomic E-state index is 0.0705. The molecule has 0 aromatic heterocycles. The van der Waals surface area contributed by atoms with Crippen molar-refractivity contribution < 1.29 is 17.9 Å². The first kappa shape index (κ1) is 19.2. The molecule has 1 saturated heterocycles. The Morgan fingerprint density at radius 1 is 1.14 bits per heavy atom. The molecule has 1 fully saturated rings. The number of rotatable bonds is 3. The van der Waals surface area contributed by atoms with Gasteiger partial charge in [-0.3, -0.25) is 4.79 Å². The normalized spacial score (nSPS) is 17.9. The van der Waals surface area contributed by atoms with E-state index in [1.54, 1.807) is 48.5 Å². The van der Waals surface area contributed by atoms with Crippen molar-refractivity contribution in [2.45, 2.75) is 24.3 Å². The Kier molecular flexibility index (Phi) is 5.07. The maximum Gasteiger partial charge on any atom is 0.309 e. The third kappa shape index (κ3) is 3.74. The van der Waals surface area contributed by atoms with Gasteiger partial charge < -0.3 is 9.64 Å². The number of benzene rings is 2. The maximum absolute atomic E-state index is 12.5. The Labute approximate surface area is 169 Å². The Morgan fingerprint density at radius 2 is 1.83 bits per heavy atom. The number of nitrogens with zero attached hydrogens (tertiary/aromatic N) is 3. The number of nitriles is 1. The molecular weight excluding hydrogens is 390 g/mol. The number of likely N-dealkylation sites (tertiary alicyclic amines) is 1. The predicted octanol–water partition coefficient (Wildman–Crippen LogP) is 2.46. The van der Waals surface area contributed by atoms with Crippen molar-refractivity contribution in [1.82, 2.24) is 4.90 Å². The Morgan fingerprint density at radius 3 is 2.59 bits per heavy atom. The van der Waals surface area contributed by atoms with Crippen LogP contribution >= 0.6 is 0 Å². The van der Waals surface area contributed by atoms with Gasteiger partial charge in [-0.2, -0.15) is 13.7 Å². The molecule has 2 aromatic rings. The summed E-state index contributed by atoms with van der Waals surface area (Å²) in [6.07, 6.45) is 1.11. The molecule has 2 aliphatic heterocycles. The van der Waals surface area contributed by atoms with Gasteiger partial charge in [0.1, 0.15) is 11.5 Å². The third-order valence-electron chi connectivity index (χ3n) is 5.25. The molecular formula is C21H19N3O4S. The summed E-state index contributed by atoms with van der Waals surface area (Å²) >= 11 is 0. The van der Waals surface area contributed by atoms with Crippen molar-refractivity contribution in [2.75, 3.05) is 13.1 Å². The average Bonchev–Trinajstić information content (AvgIpc) is 3.03. The second kappa shape index (κ2) is 7.68. The van der Waals surface area contributed by atoms with Crippen molar-refractivity contribution >= 4 is 21.8 Å². The lowest BCUT2D eigenvalue weighted by Crippen LogP contribution is -2.40. The molecule has 0 spiro atoms. The van der Waals surface area contributed by atoms with E-state index in [1.807, 2.05) is 4.90 Å². The van der Waals surface area contributed by atoms with Gasteiger partial charge in [0.05, 0.1) is 17.6 Å². The minimum atomic E-state index is -3.65. The molecule has 0 aliphatic carbocycles. The molecule has 2 aromatic carbocycles. The van der Waals surface area contributed by atoms with Crippen LogP contribution in [0, 0.1) is 17.2 Å². The van der Waals surface area contributed by atoms with Crippen molar-refractivity contribution in [3.05, 3.63) is 65.2 Å². The van der Waals surface area contributed by atoms with Crippen LogP contribution in [0.25, 0.3) is 0 Å². The van der Waals surface area contributed by atoms with Crippen LogP contribution in [0.1, 0.15) is 29.5 Å². The van der Waals surface area contributed by atoms with Crippen molar-refractivity contribution in [3.63, 3.8) is 0 Å². The molecule has 148 valence electrons. The monoisotopic (exact) mass is 409 g/mol. The maximum atomic E-state index is 12.5. The lowest BCUT2D eigenvalue weighted by molar-refractivity contribution is -0.151. The summed E-state index contributed by atoms with van der Waals surface area (Å²) in [6.45, 7) is 1.12. The zero-order chi connectivity index (χ0) is 20.4. The van der Waals surface area contributed by atoms with Crippen LogP contribution < -0.4 is 0 Å². The fraction of sp³-hybridized carbons (Fsp3) is 0.286. The summed E-state index contributed by atoms with van der Waals surface area (Å²) in [7, 11) is -3.65. The molecule has 0 unspecified atom stereocenters. The van der Waals surface area contributed by atoms with E-state index in [1.165, 1.54) is 0 Å². The molecule has 2 aliphatic rings. The molecule has 2 heterocycles. The van der Waals surface area contributed by atoms with Gasteiger partial charge in [-0.25, -0.2) is 0 Å². The van der Waals surface area contributed by atoms with Crippen LogP contribution in [0.15, 0.2) is 57.8 Å². The Balaban J connectivity index is 1.38. The molecule has 0 N–H and O–H groups in total. The fourth-order valence-corrected chi connectivity index (χ4v) is 4.89. The number of hydrogen-bond acceptors (Lipinski definition) is 6. The summed E-state index contributed by atoms with van der Waals surface area (Å²) in [4.78, 5) is 14.6. The fourth-order valence-electron chi connectivity index (χ4n) is 3.67. The number of carbonyl (C=O) groups excluding carboxylic acids is 1. The largest absolute Gasteiger partial charge is 0.461 e. The van der Waals surface area contributed by atoms with Gasteiger partial charge in [-0.1, -0.05) is 30.3 Å². The Hall–Kier alpha value is -3.18. The van der Waals surface area contributed by atoms with E-state index in [2.05, 4.69) is 10.5 Å². The summed E-state index contributed by atoms with van der Waals surface area (Å²) in [5.74, 6) is -0.0940. The highest BCUT2D eigenvalue weighted by molar-refractivity contribution is 7.90. The van der Waals surface area contributed by atoms with Crippen LogP contribution in [0.4, 0.5) is 0 Å². The molecule has 7 nitrogen and oxygen atoms in total. The lowest BCUT2D eigenvalue weighted by Gasteiger charge is -2.32. The van der Waals surface area contributed by atoms with Crippen LogP contribution in [-0.2, 0) is 26.2 Å². The second-order valence-electron chi connectivity index (χ2n) is 7.02. The molecule has 29 heavy (non-hydrogen) atoms. The van der Waals surface area contributed by atoms with Gasteiger partial charge in [0.15, 0.2) is 5.84 Å². The van der Waals surface area contributed by atoms with E-state index in [-0.39, 0.29) is 23.4 Å². The quantitative estimate of drug-likeness (QED) is 0.722. The molecule has 0 amide bonds. The molecule has 8 heteroatoms. The number of hydrogen-bond donors (Lipinski definition) is 0. The Bertz CT molecular complexity index is 1130. The first-order valence-corrected chi connectivity index (χ1v) is 10.8. The summed E-state index contributed by atoms with van der Waals surface area (Å²) in [5.41, 5.74) is 1.79. The van der Waals surface area contributed by atoms with E-state index in [4.69, 9.17) is 10.00 Å². The number of sulfonamides is 1. The van der Waals surface area contributed by atoms with Crippen LogP contribution in [0.2, 0.25) is 0 Å². The number of fused-ring (bicyclic) bond motifs is 1. The summed E-state index contributed by atoms with van der Waals surface area (Å²) in [5, 5.41) is 9.12. The van der Waals surface area contributed by atoms with Gasteiger partial charge in [0.25, 0.3) is 10.0 Å². The predicted molar refractivity (Wildman–Crippen MR) is 105 cm³/mol. The molecule has 0 radical (unpaired) electrons. The number of amidine groups is 1. The van der Waals surface area contributed by atoms with E-state index < -0.39 is 10.0 Å². The van der Waals surface area contributed by atoms with E-state index in [9.17, 15) is 13.2 Å². The minimum Gasteiger partial charge on any atom is -0.461 e. The van der Waals surface area contributed by atoms with Crippen molar-refractivity contribution in [2.24, 2.45) is 10.3 Å². The zero-order valence-electron chi connectivity index (χ0n) is 15.6. The lowest BCUT2D eigenvalue weighted by atomic mass is 9.96. The summed E-state index contributed by atoms with van der Waals surface area (Å²) < 4.78 is 33.8. The van der Waals surface area contributed by atoms with Gasteiger partial charge in [-0.05, 0) is 31.0 Å². The van der Waals surface area contributed by atoms with Crippen LogP contribution in [0.3, 0.4) is 0 Å². The standard InChI is InChI=1S/C21H19N3O4S/c22-13-16-5-1-2-6-17(16)14-28-21(25)15-9-11-24(12-10-15)20-18-7-3-4-8-19(18)29(26,27)23-20/h1-8,15H,9-12,14H2. The molecule has 0 saturated carbocycles. The van der Waals surface area contributed by atoms with Crippen molar-refractivity contribution in [3.8, 4) is 6.07 Å².